The molecule has 1 aliphatic heterocycles. The van der Waals surface area contributed by atoms with E-state index in [9.17, 15) is 9.59 Å². The van der Waals surface area contributed by atoms with Gasteiger partial charge in [-0.15, -0.1) is 24.0 Å². The number of carbonyl (C=O) groups is 2. The number of alkyl carbamates (subject to hydrolysis) is 1. The predicted molar refractivity (Wildman–Crippen MR) is 112 cm³/mol. The standard InChI is InChI=1S/C17H31N5O3.HI/c1-17(2,3)25-16(24)21-13-7-10-22(11-13)15(18-4)20-9-8-19-14(23)12-5-6-12;/h12-13H,5-11H2,1-4H3,(H,18,20)(H,19,23)(H,21,24);1H. The molecule has 2 rings (SSSR count). The maximum absolute atomic E-state index is 11.9. The Morgan fingerprint density at radius 3 is 2.38 bits per heavy atom. The number of aliphatic imine (C=N–C) groups is 1. The number of hydrogen-bond donors (Lipinski definition) is 3. The van der Waals surface area contributed by atoms with Crippen LogP contribution in [0.5, 0.6) is 0 Å². The van der Waals surface area contributed by atoms with Gasteiger partial charge in [0.15, 0.2) is 5.96 Å². The van der Waals surface area contributed by atoms with Crippen molar-refractivity contribution in [2.75, 3.05) is 33.2 Å². The van der Waals surface area contributed by atoms with Gasteiger partial charge >= 0.3 is 6.09 Å². The van der Waals surface area contributed by atoms with Crippen molar-refractivity contribution in [1.29, 1.82) is 0 Å². The van der Waals surface area contributed by atoms with Gasteiger partial charge in [0.05, 0.1) is 6.04 Å². The molecule has 150 valence electrons. The lowest BCUT2D eigenvalue weighted by Crippen LogP contribution is -2.45. The van der Waals surface area contributed by atoms with Crippen molar-refractivity contribution in [2.45, 2.75) is 51.7 Å². The summed E-state index contributed by atoms with van der Waals surface area (Å²) in [6.07, 6.45) is 2.49. The van der Waals surface area contributed by atoms with Gasteiger partial charge in [0, 0.05) is 39.1 Å². The van der Waals surface area contributed by atoms with E-state index in [-0.39, 0.29) is 47.9 Å². The molecule has 3 N–H and O–H groups in total. The molecular formula is C17H32IN5O3. The van der Waals surface area contributed by atoms with E-state index in [2.05, 4.69) is 25.8 Å². The first-order valence-corrected chi connectivity index (χ1v) is 9.01. The number of rotatable bonds is 5. The fourth-order valence-electron chi connectivity index (χ4n) is 2.73. The van der Waals surface area contributed by atoms with Gasteiger partial charge < -0.3 is 25.6 Å². The zero-order valence-electron chi connectivity index (χ0n) is 16.1. The molecule has 2 amide bonds. The SMILES string of the molecule is CN=C(NCCNC(=O)C1CC1)N1CCC(NC(=O)OC(C)(C)C)C1.I. The van der Waals surface area contributed by atoms with Crippen LogP contribution in [0.2, 0.25) is 0 Å². The van der Waals surface area contributed by atoms with Crippen molar-refractivity contribution in [3.8, 4) is 0 Å². The third kappa shape index (κ3) is 7.96. The van der Waals surface area contributed by atoms with Crippen LogP contribution in [-0.2, 0) is 9.53 Å². The third-order valence-electron chi connectivity index (χ3n) is 4.08. The topological polar surface area (TPSA) is 95.1 Å². The van der Waals surface area contributed by atoms with Gasteiger partial charge in [0.25, 0.3) is 0 Å². The number of nitrogens with one attached hydrogen (secondary N) is 3. The summed E-state index contributed by atoms with van der Waals surface area (Å²) < 4.78 is 5.29. The monoisotopic (exact) mass is 481 g/mol. The second-order valence-electron chi connectivity index (χ2n) is 7.62. The summed E-state index contributed by atoms with van der Waals surface area (Å²) in [5.41, 5.74) is -0.495. The van der Waals surface area contributed by atoms with Gasteiger partial charge in [-0.1, -0.05) is 0 Å². The van der Waals surface area contributed by atoms with E-state index in [1.807, 2.05) is 20.8 Å². The van der Waals surface area contributed by atoms with Gasteiger partial charge in [0.1, 0.15) is 5.60 Å². The highest BCUT2D eigenvalue weighted by Crippen LogP contribution is 2.28. The molecule has 0 aromatic carbocycles. The lowest BCUT2D eigenvalue weighted by atomic mass is 10.2. The Morgan fingerprint density at radius 2 is 1.81 bits per heavy atom. The van der Waals surface area contributed by atoms with E-state index >= 15 is 0 Å². The number of hydrogen-bond acceptors (Lipinski definition) is 4. The summed E-state index contributed by atoms with van der Waals surface area (Å²) in [4.78, 5) is 29.8. The maximum Gasteiger partial charge on any atom is 0.407 e. The highest BCUT2D eigenvalue weighted by molar-refractivity contribution is 14.0. The molecule has 1 aliphatic carbocycles. The summed E-state index contributed by atoms with van der Waals surface area (Å²) in [6.45, 7) is 8.26. The van der Waals surface area contributed by atoms with E-state index < -0.39 is 5.60 Å². The number of likely N-dealkylation sites (tertiary alicyclic amines) is 1. The zero-order chi connectivity index (χ0) is 18.4. The zero-order valence-corrected chi connectivity index (χ0v) is 18.5. The average molecular weight is 481 g/mol. The number of carbonyl (C=O) groups excluding carboxylic acids is 2. The molecule has 0 aromatic rings. The first-order valence-electron chi connectivity index (χ1n) is 9.01. The molecule has 9 heteroatoms. The van der Waals surface area contributed by atoms with Crippen LogP contribution in [0.4, 0.5) is 4.79 Å². The smallest absolute Gasteiger partial charge is 0.407 e. The van der Waals surface area contributed by atoms with Crippen LogP contribution in [0.3, 0.4) is 0 Å². The van der Waals surface area contributed by atoms with Crippen LogP contribution in [0.15, 0.2) is 4.99 Å². The molecule has 2 aliphatic rings. The van der Waals surface area contributed by atoms with E-state index in [1.165, 1.54) is 0 Å². The van der Waals surface area contributed by atoms with Crippen molar-refractivity contribution in [3.05, 3.63) is 0 Å². The number of amides is 2. The lowest BCUT2D eigenvalue weighted by Gasteiger charge is -2.23. The van der Waals surface area contributed by atoms with Gasteiger partial charge in [-0.05, 0) is 40.0 Å². The van der Waals surface area contributed by atoms with Crippen molar-refractivity contribution in [1.82, 2.24) is 20.9 Å². The Hall–Kier alpha value is -1.26. The highest BCUT2D eigenvalue weighted by Gasteiger charge is 2.29. The molecule has 0 bridgehead atoms. The molecule has 1 heterocycles. The van der Waals surface area contributed by atoms with Gasteiger partial charge in [-0.2, -0.15) is 0 Å². The van der Waals surface area contributed by atoms with Crippen LogP contribution < -0.4 is 16.0 Å². The summed E-state index contributed by atoms with van der Waals surface area (Å²) in [6, 6.07) is 0.0444. The van der Waals surface area contributed by atoms with E-state index in [0.29, 0.717) is 19.6 Å². The molecule has 26 heavy (non-hydrogen) atoms. The van der Waals surface area contributed by atoms with E-state index in [4.69, 9.17) is 4.74 Å². The van der Waals surface area contributed by atoms with Crippen LogP contribution in [-0.4, -0.2) is 67.7 Å². The predicted octanol–water partition coefficient (Wildman–Crippen LogP) is 1.30. The third-order valence-corrected chi connectivity index (χ3v) is 4.08. The van der Waals surface area contributed by atoms with Crippen LogP contribution >= 0.6 is 24.0 Å². The van der Waals surface area contributed by atoms with Crippen LogP contribution in [0, 0.1) is 5.92 Å². The summed E-state index contributed by atoms with van der Waals surface area (Å²) in [5.74, 6) is 1.17. The van der Waals surface area contributed by atoms with E-state index in [0.717, 1.165) is 31.8 Å². The molecule has 0 spiro atoms. The van der Waals surface area contributed by atoms with Gasteiger partial charge in [-0.3, -0.25) is 9.79 Å². The highest BCUT2D eigenvalue weighted by atomic mass is 127. The minimum Gasteiger partial charge on any atom is -0.444 e. The molecule has 1 unspecified atom stereocenters. The van der Waals surface area contributed by atoms with Crippen molar-refractivity contribution in [3.63, 3.8) is 0 Å². The summed E-state index contributed by atoms with van der Waals surface area (Å²) in [7, 11) is 1.74. The first kappa shape index (κ1) is 22.8. The Morgan fingerprint density at radius 1 is 1.15 bits per heavy atom. The molecule has 2 fully saturated rings. The minimum atomic E-state index is -0.495. The quantitative estimate of drug-likeness (QED) is 0.238. The van der Waals surface area contributed by atoms with Crippen molar-refractivity contribution >= 4 is 41.9 Å². The fourth-order valence-corrected chi connectivity index (χ4v) is 2.73. The lowest BCUT2D eigenvalue weighted by molar-refractivity contribution is -0.122. The van der Waals surface area contributed by atoms with Gasteiger partial charge in [0.2, 0.25) is 5.91 Å². The molecule has 1 saturated heterocycles. The number of guanidine groups is 1. The average Bonchev–Trinajstić information content (AvgIpc) is 3.26. The molecular weight excluding hydrogens is 449 g/mol. The van der Waals surface area contributed by atoms with Crippen LogP contribution in [0.25, 0.3) is 0 Å². The Bertz CT molecular complexity index is 517. The minimum absolute atomic E-state index is 0. The molecule has 0 radical (unpaired) electrons. The fraction of sp³-hybridized carbons (Fsp3) is 0.824. The summed E-state index contributed by atoms with van der Waals surface area (Å²) >= 11 is 0. The molecule has 1 atom stereocenters. The largest absolute Gasteiger partial charge is 0.444 e. The van der Waals surface area contributed by atoms with Gasteiger partial charge in [-0.25, -0.2) is 4.79 Å². The second-order valence-corrected chi connectivity index (χ2v) is 7.62. The normalized spacial score (nSPS) is 20.2. The molecule has 1 saturated carbocycles. The Balaban J connectivity index is 0.00000338. The summed E-state index contributed by atoms with van der Waals surface area (Å²) in [5, 5.41) is 9.08. The van der Waals surface area contributed by atoms with Crippen molar-refractivity contribution in [2.24, 2.45) is 10.9 Å². The van der Waals surface area contributed by atoms with E-state index in [1.54, 1.807) is 7.05 Å². The first-order chi connectivity index (χ1) is 11.8. The Kier molecular flexibility index (Phi) is 8.91. The Labute approximate surface area is 172 Å². The maximum atomic E-state index is 11.9. The van der Waals surface area contributed by atoms with Crippen LogP contribution in [0.1, 0.15) is 40.0 Å². The molecule has 0 aromatic heterocycles. The second kappa shape index (κ2) is 10.2. The number of halogens is 1. The molecule has 8 nitrogen and oxygen atoms in total. The number of nitrogens with zero attached hydrogens (tertiary/aromatic N) is 2. The van der Waals surface area contributed by atoms with Crippen molar-refractivity contribution < 1.29 is 14.3 Å². The number of ether oxygens (including phenoxy) is 1.